The minimum Gasteiger partial charge on any atom is -0.461 e. The maximum absolute atomic E-state index is 11.9. The van der Waals surface area contributed by atoms with E-state index >= 15 is 0 Å². The Kier molecular flexibility index (Phi) is 4.49. The predicted octanol–water partition coefficient (Wildman–Crippen LogP) is 3.00. The first-order valence-electron chi connectivity index (χ1n) is 8.75. The standard InChI is InChI=1S/C17H15Br2N5O4/c1-2-26-17(25)11-5-23(22-21-11)13-6-28-16-15(13)27-7-14-20-10-3-8(18)9(19)4-12(10)24(14)16/h3-5,13,15-16H,2,6-7H2,1H3/t13-,15+,16-/m0/s1. The number of rotatable bonds is 3. The van der Waals surface area contributed by atoms with Crippen LogP contribution in [0, 0.1) is 0 Å². The van der Waals surface area contributed by atoms with Gasteiger partial charge in [0.05, 0.1) is 30.4 Å². The van der Waals surface area contributed by atoms with Gasteiger partial charge >= 0.3 is 5.97 Å². The average Bonchev–Trinajstić information content (AvgIpc) is 3.37. The lowest BCUT2D eigenvalue weighted by molar-refractivity contribution is -0.0864. The van der Waals surface area contributed by atoms with Crippen molar-refractivity contribution in [1.29, 1.82) is 0 Å². The van der Waals surface area contributed by atoms with Gasteiger partial charge in [-0.15, -0.1) is 5.10 Å². The van der Waals surface area contributed by atoms with Crippen LogP contribution in [-0.2, 0) is 20.8 Å². The summed E-state index contributed by atoms with van der Waals surface area (Å²) in [6.45, 7) is 2.79. The second-order valence-corrected chi connectivity index (χ2v) is 8.23. The monoisotopic (exact) mass is 511 g/mol. The first-order chi connectivity index (χ1) is 13.6. The van der Waals surface area contributed by atoms with E-state index in [4.69, 9.17) is 14.2 Å². The number of aromatic nitrogens is 5. The minimum atomic E-state index is -0.493. The molecule has 5 rings (SSSR count). The zero-order valence-corrected chi connectivity index (χ0v) is 17.9. The Balaban J connectivity index is 1.48. The molecule has 1 fully saturated rings. The van der Waals surface area contributed by atoms with Crippen molar-refractivity contribution in [2.75, 3.05) is 13.2 Å². The fourth-order valence-corrected chi connectivity index (χ4v) is 4.32. The Morgan fingerprint density at radius 1 is 1.32 bits per heavy atom. The fraction of sp³-hybridized carbons (Fsp3) is 0.412. The molecule has 146 valence electrons. The van der Waals surface area contributed by atoms with Crippen molar-refractivity contribution in [1.82, 2.24) is 24.5 Å². The topological polar surface area (TPSA) is 93.3 Å². The predicted molar refractivity (Wildman–Crippen MR) is 104 cm³/mol. The average molecular weight is 513 g/mol. The van der Waals surface area contributed by atoms with Gasteiger partial charge in [-0.1, -0.05) is 5.21 Å². The van der Waals surface area contributed by atoms with Crippen molar-refractivity contribution in [2.24, 2.45) is 0 Å². The van der Waals surface area contributed by atoms with Gasteiger partial charge in [-0.25, -0.2) is 14.5 Å². The Hall–Kier alpha value is -1.82. The highest BCUT2D eigenvalue weighted by Crippen LogP contribution is 2.41. The number of esters is 1. The molecule has 1 saturated heterocycles. The molecule has 3 aromatic rings. The molecule has 2 aromatic heterocycles. The molecule has 1 aromatic carbocycles. The molecule has 0 aliphatic carbocycles. The Bertz CT molecular complexity index is 1080. The number of halogens is 2. The van der Waals surface area contributed by atoms with Gasteiger partial charge in [0, 0.05) is 8.95 Å². The minimum absolute atomic E-state index is 0.170. The molecule has 0 N–H and O–H groups in total. The summed E-state index contributed by atoms with van der Waals surface area (Å²) in [6.07, 6.45) is 0.971. The zero-order chi connectivity index (χ0) is 19.4. The van der Waals surface area contributed by atoms with E-state index in [1.807, 2.05) is 12.1 Å². The van der Waals surface area contributed by atoms with Gasteiger partial charge in [-0.3, -0.25) is 4.57 Å². The first-order valence-corrected chi connectivity index (χ1v) is 10.3. The van der Waals surface area contributed by atoms with E-state index in [0.717, 1.165) is 25.8 Å². The van der Waals surface area contributed by atoms with Crippen LogP contribution in [0.1, 0.15) is 35.5 Å². The van der Waals surface area contributed by atoms with Crippen molar-refractivity contribution >= 4 is 48.9 Å². The third-order valence-corrected chi connectivity index (χ3v) is 6.74. The van der Waals surface area contributed by atoms with E-state index in [0.29, 0.717) is 13.2 Å². The summed E-state index contributed by atoms with van der Waals surface area (Å²) in [7, 11) is 0. The summed E-state index contributed by atoms with van der Waals surface area (Å²) < 4.78 is 22.7. The van der Waals surface area contributed by atoms with Gasteiger partial charge < -0.3 is 14.2 Å². The van der Waals surface area contributed by atoms with E-state index in [9.17, 15) is 4.79 Å². The third kappa shape index (κ3) is 2.79. The lowest BCUT2D eigenvalue weighted by Gasteiger charge is -2.29. The van der Waals surface area contributed by atoms with Crippen LogP contribution in [-0.4, -0.2) is 49.8 Å². The van der Waals surface area contributed by atoms with Crippen LogP contribution in [0.15, 0.2) is 27.3 Å². The van der Waals surface area contributed by atoms with Crippen molar-refractivity contribution in [3.05, 3.63) is 38.8 Å². The zero-order valence-electron chi connectivity index (χ0n) is 14.7. The van der Waals surface area contributed by atoms with E-state index in [2.05, 4.69) is 51.7 Å². The number of imidazole rings is 1. The van der Waals surface area contributed by atoms with E-state index in [1.54, 1.807) is 17.8 Å². The molecule has 28 heavy (non-hydrogen) atoms. The summed E-state index contributed by atoms with van der Waals surface area (Å²) in [4.78, 5) is 16.5. The lowest BCUT2D eigenvalue weighted by atomic mass is 10.1. The molecule has 0 unspecified atom stereocenters. The van der Waals surface area contributed by atoms with Crippen LogP contribution in [0.3, 0.4) is 0 Å². The highest BCUT2D eigenvalue weighted by atomic mass is 79.9. The number of hydrogen-bond donors (Lipinski definition) is 0. The molecule has 0 saturated carbocycles. The Labute approximate surface area is 176 Å². The van der Waals surface area contributed by atoms with Crippen molar-refractivity contribution in [3.8, 4) is 0 Å². The molecule has 2 aliphatic heterocycles. The van der Waals surface area contributed by atoms with Crippen molar-refractivity contribution in [2.45, 2.75) is 31.9 Å². The molecule has 0 spiro atoms. The maximum Gasteiger partial charge on any atom is 0.360 e. The summed E-state index contributed by atoms with van der Waals surface area (Å²) in [5.74, 6) is 0.319. The SMILES string of the molecule is CCOC(=O)c1cn([C@H]2CO[C@H]3[C@@H]2OCc2nc4cc(Br)c(Br)cc4n23)nn1. The molecule has 2 aliphatic rings. The highest BCUT2D eigenvalue weighted by molar-refractivity contribution is 9.13. The summed E-state index contributed by atoms with van der Waals surface area (Å²) >= 11 is 7.07. The summed E-state index contributed by atoms with van der Waals surface area (Å²) in [6, 6.07) is 3.78. The molecular weight excluding hydrogens is 498 g/mol. The van der Waals surface area contributed by atoms with Crippen LogP contribution in [0.2, 0.25) is 0 Å². The fourth-order valence-electron chi connectivity index (χ4n) is 3.65. The van der Waals surface area contributed by atoms with Crippen molar-refractivity contribution in [3.63, 3.8) is 0 Å². The lowest BCUT2D eigenvalue weighted by Crippen LogP contribution is -2.35. The molecule has 9 nitrogen and oxygen atoms in total. The molecule has 3 atom stereocenters. The van der Waals surface area contributed by atoms with Crippen LogP contribution < -0.4 is 0 Å². The van der Waals surface area contributed by atoms with Crippen LogP contribution >= 0.6 is 31.9 Å². The maximum atomic E-state index is 11.9. The van der Waals surface area contributed by atoms with E-state index in [1.165, 1.54) is 0 Å². The summed E-state index contributed by atoms with van der Waals surface area (Å²) in [5, 5.41) is 8.01. The van der Waals surface area contributed by atoms with E-state index in [-0.39, 0.29) is 30.7 Å². The van der Waals surface area contributed by atoms with Crippen LogP contribution in [0.25, 0.3) is 11.0 Å². The van der Waals surface area contributed by atoms with Gasteiger partial charge in [0.25, 0.3) is 0 Å². The molecule has 0 amide bonds. The number of hydrogen-bond acceptors (Lipinski definition) is 7. The largest absolute Gasteiger partial charge is 0.461 e. The van der Waals surface area contributed by atoms with Gasteiger partial charge in [0.1, 0.15) is 24.6 Å². The normalized spacial score (nSPS) is 23.6. The second kappa shape index (κ2) is 6.90. The quantitative estimate of drug-likeness (QED) is 0.498. The number of carbonyl (C=O) groups excluding carboxylic acids is 1. The number of carbonyl (C=O) groups is 1. The second-order valence-electron chi connectivity index (χ2n) is 6.52. The van der Waals surface area contributed by atoms with Crippen molar-refractivity contribution < 1.29 is 19.0 Å². The van der Waals surface area contributed by atoms with Gasteiger partial charge in [0.2, 0.25) is 0 Å². The highest BCUT2D eigenvalue weighted by Gasteiger charge is 2.45. The first kappa shape index (κ1) is 18.2. The summed E-state index contributed by atoms with van der Waals surface area (Å²) in [5.41, 5.74) is 2.00. The van der Waals surface area contributed by atoms with Gasteiger partial charge in [0.15, 0.2) is 11.9 Å². The number of nitrogens with zero attached hydrogens (tertiary/aromatic N) is 5. The number of ether oxygens (including phenoxy) is 3. The molecule has 11 heteroatoms. The third-order valence-electron chi connectivity index (χ3n) is 4.90. The Morgan fingerprint density at radius 2 is 2.14 bits per heavy atom. The number of benzene rings is 1. The smallest absolute Gasteiger partial charge is 0.360 e. The number of fused-ring (bicyclic) bond motifs is 5. The molecular formula is C17H15Br2N5O4. The molecule has 0 bridgehead atoms. The van der Waals surface area contributed by atoms with Crippen LogP contribution in [0.5, 0.6) is 0 Å². The van der Waals surface area contributed by atoms with Crippen LogP contribution in [0.4, 0.5) is 0 Å². The van der Waals surface area contributed by atoms with E-state index < -0.39 is 5.97 Å². The molecule has 4 heterocycles. The van der Waals surface area contributed by atoms with Gasteiger partial charge in [-0.2, -0.15) is 0 Å². The molecule has 0 radical (unpaired) electrons. The van der Waals surface area contributed by atoms with Gasteiger partial charge in [-0.05, 0) is 50.9 Å². The Morgan fingerprint density at radius 3 is 2.96 bits per heavy atom.